The summed E-state index contributed by atoms with van der Waals surface area (Å²) in [6, 6.07) is 3.03. The Kier molecular flexibility index (Phi) is 3.11. The van der Waals surface area contributed by atoms with Crippen LogP contribution in [0.4, 0.5) is 0 Å². The number of Topliss-reactive ketones (excluding diaryl/α,β-unsaturated/α-hetero) is 1. The lowest BCUT2D eigenvalue weighted by Crippen LogP contribution is -1.96. The summed E-state index contributed by atoms with van der Waals surface area (Å²) in [7, 11) is 0. The van der Waals surface area contributed by atoms with Gasteiger partial charge in [0.2, 0.25) is 0 Å². The zero-order valence-electron chi connectivity index (χ0n) is 6.27. The largest absolute Gasteiger partial charge is 0.508 e. The molecule has 0 aliphatic heterocycles. The van der Waals surface area contributed by atoms with E-state index in [4.69, 9.17) is 0 Å². The van der Waals surface area contributed by atoms with E-state index in [2.05, 4.69) is 38.5 Å². The maximum absolute atomic E-state index is 11.0. The van der Waals surface area contributed by atoms with E-state index in [9.17, 15) is 9.90 Å². The van der Waals surface area contributed by atoms with Crippen molar-refractivity contribution < 1.29 is 9.90 Å². The van der Waals surface area contributed by atoms with Gasteiger partial charge in [-0.15, -0.1) is 0 Å². The summed E-state index contributed by atoms with van der Waals surface area (Å²) in [5.41, 5.74) is 0.544. The maximum Gasteiger partial charge on any atom is 0.161 e. The average Bonchev–Trinajstić information content (AvgIpc) is 1.96. The summed E-state index contributed by atoms with van der Waals surface area (Å²) in [6.07, 6.45) is 0. The van der Waals surface area contributed by atoms with Gasteiger partial charge in [0, 0.05) is 13.6 Å². The molecule has 0 heterocycles. The molecule has 2 nitrogen and oxygen atoms in total. The molecule has 0 spiro atoms. The maximum atomic E-state index is 11.0. The van der Waals surface area contributed by atoms with Crippen LogP contribution in [0.3, 0.4) is 0 Å². The Labute approximate surface area is 92.2 Å². The second-order valence-corrected chi connectivity index (χ2v) is 4.28. The second kappa shape index (κ2) is 3.74. The molecule has 1 rings (SSSR count). The Hall–Kier alpha value is -0.100. The van der Waals surface area contributed by atoms with Crippen LogP contribution >= 0.6 is 38.5 Å². The molecular formula is C8H6BrIO2. The number of halogens is 2. The summed E-state index contributed by atoms with van der Waals surface area (Å²) in [6.45, 7) is 1.48. The first-order chi connectivity index (χ1) is 5.52. The zero-order valence-corrected chi connectivity index (χ0v) is 10.0. The molecule has 1 aromatic rings. The molecule has 1 aromatic carbocycles. The highest BCUT2D eigenvalue weighted by Crippen LogP contribution is 2.27. The first kappa shape index (κ1) is 9.98. The molecule has 0 atom stereocenters. The summed E-state index contributed by atoms with van der Waals surface area (Å²) >= 11 is 5.30. The standard InChI is InChI=1S/C8H6BrIO2/c1-4(11)6-2-5(12)3-7(9)8(6)10/h2-3,12H,1H3. The fourth-order valence-electron chi connectivity index (χ4n) is 0.831. The monoisotopic (exact) mass is 340 g/mol. The number of hydrogen-bond acceptors (Lipinski definition) is 2. The topological polar surface area (TPSA) is 37.3 Å². The Bertz CT molecular complexity index is 336. The van der Waals surface area contributed by atoms with Gasteiger partial charge in [-0.05, 0) is 57.6 Å². The van der Waals surface area contributed by atoms with Crippen molar-refractivity contribution in [3.63, 3.8) is 0 Å². The van der Waals surface area contributed by atoms with Gasteiger partial charge in [-0.2, -0.15) is 0 Å². The van der Waals surface area contributed by atoms with Crippen LogP contribution in [0.5, 0.6) is 5.75 Å². The molecule has 4 heteroatoms. The van der Waals surface area contributed by atoms with Crippen LogP contribution in [-0.4, -0.2) is 10.9 Å². The fourth-order valence-corrected chi connectivity index (χ4v) is 1.97. The lowest BCUT2D eigenvalue weighted by Gasteiger charge is -2.03. The smallest absolute Gasteiger partial charge is 0.161 e. The van der Waals surface area contributed by atoms with E-state index >= 15 is 0 Å². The molecule has 64 valence electrons. The molecule has 12 heavy (non-hydrogen) atoms. The average molecular weight is 341 g/mol. The van der Waals surface area contributed by atoms with E-state index in [1.54, 1.807) is 6.07 Å². The minimum Gasteiger partial charge on any atom is -0.508 e. The van der Waals surface area contributed by atoms with Crippen molar-refractivity contribution >= 4 is 44.3 Å². The number of carbonyl (C=O) groups is 1. The van der Waals surface area contributed by atoms with E-state index in [1.165, 1.54) is 13.0 Å². The van der Waals surface area contributed by atoms with Gasteiger partial charge in [0.15, 0.2) is 5.78 Å². The predicted molar refractivity (Wildman–Crippen MR) is 58.5 cm³/mol. The van der Waals surface area contributed by atoms with Crippen molar-refractivity contribution in [2.45, 2.75) is 6.92 Å². The molecule has 1 N–H and O–H groups in total. The molecule has 0 aliphatic rings. The highest BCUT2D eigenvalue weighted by Gasteiger charge is 2.09. The van der Waals surface area contributed by atoms with Gasteiger partial charge in [-0.25, -0.2) is 0 Å². The van der Waals surface area contributed by atoms with Crippen molar-refractivity contribution in [2.24, 2.45) is 0 Å². The lowest BCUT2D eigenvalue weighted by molar-refractivity contribution is 0.101. The summed E-state index contributed by atoms with van der Waals surface area (Å²) < 4.78 is 1.58. The summed E-state index contributed by atoms with van der Waals surface area (Å²) in [5, 5.41) is 9.18. The minimum atomic E-state index is -0.0454. The SMILES string of the molecule is CC(=O)c1cc(O)cc(Br)c1I. The number of ketones is 1. The van der Waals surface area contributed by atoms with Gasteiger partial charge < -0.3 is 5.11 Å². The van der Waals surface area contributed by atoms with Crippen LogP contribution in [0.2, 0.25) is 0 Å². The van der Waals surface area contributed by atoms with Crippen LogP contribution in [0.1, 0.15) is 17.3 Å². The fraction of sp³-hybridized carbons (Fsp3) is 0.125. The third-order valence-corrected chi connectivity index (χ3v) is 3.92. The predicted octanol–water partition coefficient (Wildman–Crippen LogP) is 2.96. The third kappa shape index (κ3) is 1.98. The van der Waals surface area contributed by atoms with Gasteiger partial charge in [-0.3, -0.25) is 4.79 Å². The zero-order chi connectivity index (χ0) is 9.30. The van der Waals surface area contributed by atoms with Gasteiger partial charge in [0.05, 0.1) is 0 Å². The minimum absolute atomic E-state index is 0.0454. The quantitative estimate of drug-likeness (QED) is 0.630. The van der Waals surface area contributed by atoms with E-state index in [-0.39, 0.29) is 11.5 Å². The normalized spacial score (nSPS) is 9.92. The number of benzene rings is 1. The van der Waals surface area contributed by atoms with Crippen LogP contribution < -0.4 is 0 Å². The second-order valence-electron chi connectivity index (χ2n) is 2.35. The van der Waals surface area contributed by atoms with Crippen molar-refractivity contribution in [3.05, 3.63) is 25.7 Å². The molecule has 0 radical (unpaired) electrons. The molecular weight excluding hydrogens is 335 g/mol. The number of phenolic OH excluding ortho intramolecular Hbond substituents is 1. The van der Waals surface area contributed by atoms with Crippen LogP contribution in [-0.2, 0) is 0 Å². The van der Waals surface area contributed by atoms with Gasteiger partial charge >= 0.3 is 0 Å². The Morgan fingerprint density at radius 2 is 2.17 bits per heavy atom. The van der Waals surface area contributed by atoms with E-state index in [0.717, 1.165) is 8.04 Å². The molecule has 0 aromatic heterocycles. The van der Waals surface area contributed by atoms with Gasteiger partial charge in [-0.1, -0.05) is 0 Å². The molecule has 0 unspecified atom stereocenters. The Morgan fingerprint density at radius 1 is 1.58 bits per heavy atom. The highest BCUT2D eigenvalue weighted by atomic mass is 127. The number of hydrogen-bond donors (Lipinski definition) is 1. The highest BCUT2D eigenvalue weighted by molar-refractivity contribution is 14.1. The summed E-state index contributed by atoms with van der Waals surface area (Å²) in [5.74, 6) is 0.0588. The van der Waals surface area contributed by atoms with Gasteiger partial charge in [0.25, 0.3) is 0 Å². The van der Waals surface area contributed by atoms with Crippen LogP contribution in [0, 0.1) is 3.57 Å². The van der Waals surface area contributed by atoms with Crippen LogP contribution in [0.15, 0.2) is 16.6 Å². The van der Waals surface area contributed by atoms with Crippen molar-refractivity contribution in [1.29, 1.82) is 0 Å². The molecule has 0 aliphatic carbocycles. The number of rotatable bonds is 1. The first-order valence-corrected chi connectivity index (χ1v) is 5.08. The van der Waals surface area contributed by atoms with E-state index in [1.807, 2.05) is 0 Å². The number of aromatic hydroxyl groups is 1. The Balaban J connectivity index is 3.37. The summed E-state index contributed by atoms with van der Waals surface area (Å²) in [4.78, 5) is 11.0. The van der Waals surface area contributed by atoms with E-state index in [0.29, 0.717) is 5.56 Å². The lowest BCUT2D eigenvalue weighted by atomic mass is 10.1. The van der Waals surface area contributed by atoms with Crippen LogP contribution in [0.25, 0.3) is 0 Å². The molecule has 0 bridgehead atoms. The third-order valence-electron chi connectivity index (χ3n) is 1.39. The van der Waals surface area contributed by atoms with Crippen molar-refractivity contribution in [3.8, 4) is 5.75 Å². The number of carbonyl (C=O) groups excluding carboxylic acids is 1. The van der Waals surface area contributed by atoms with Crippen molar-refractivity contribution in [2.75, 3.05) is 0 Å². The first-order valence-electron chi connectivity index (χ1n) is 3.21. The van der Waals surface area contributed by atoms with Crippen molar-refractivity contribution in [1.82, 2.24) is 0 Å². The number of phenols is 1. The molecule has 0 saturated carbocycles. The van der Waals surface area contributed by atoms with Gasteiger partial charge in [0.1, 0.15) is 5.75 Å². The van der Waals surface area contributed by atoms with E-state index < -0.39 is 0 Å². The Morgan fingerprint density at radius 3 is 2.67 bits per heavy atom. The molecule has 0 saturated heterocycles. The molecule has 0 amide bonds. The molecule has 0 fully saturated rings.